The average Bonchev–Trinajstić information content (AvgIpc) is 3.51. The van der Waals surface area contributed by atoms with Crippen molar-refractivity contribution in [3.8, 4) is 11.1 Å². The number of carbonyl (C=O) groups is 2. The number of hydrogen-bond acceptors (Lipinski definition) is 7. The van der Waals surface area contributed by atoms with Crippen LogP contribution in [0.1, 0.15) is 40.4 Å². The fraction of sp³-hybridized carbons (Fsp3) is 0.308. The maximum atomic E-state index is 13.2. The van der Waals surface area contributed by atoms with Gasteiger partial charge in [0.15, 0.2) is 0 Å². The number of fused-ring (bicyclic) bond motifs is 3. The number of nitrogens with one attached hydrogen (secondary N) is 2. The predicted octanol–water partition coefficient (Wildman–Crippen LogP) is 2.06. The van der Waals surface area contributed by atoms with Crippen molar-refractivity contribution in [2.75, 3.05) is 32.5 Å². The standard InChI is InChI=1S/C26H30N8O4S/c1-16-13-28-26(36)22-11-18-6-8-21(30-24(18)34(16)22)25(35)31-20-7-5-17(12-23(20)39(27,37)38)19-14-29-33(15-19)10-4-9-32(2)3/h5-8,11-12,14-16H,4,9-10,13H2,1-3H3,(H,28,36)(H,31,35)(H2,27,37,38)/t16-/m1/s1. The number of hydrogen-bond donors (Lipinski definition) is 3. The van der Waals surface area contributed by atoms with Gasteiger partial charge in [0.05, 0.1) is 17.9 Å². The Hall–Kier alpha value is -4.07. The van der Waals surface area contributed by atoms with E-state index in [0.29, 0.717) is 23.4 Å². The van der Waals surface area contributed by atoms with E-state index in [9.17, 15) is 18.0 Å². The average molecular weight is 551 g/mol. The molecular formula is C26H30N8O4S. The Bertz CT molecular complexity index is 1690. The second-order valence-corrected chi connectivity index (χ2v) is 11.5. The molecule has 0 aliphatic carbocycles. The number of rotatable bonds is 8. The van der Waals surface area contributed by atoms with Crippen molar-refractivity contribution in [3.05, 3.63) is 60.2 Å². The Labute approximate surface area is 225 Å². The van der Waals surface area contributed by atoms with E-state index in [1.807, 2.05) is 27.2 Å². The lowest BCUT2D eigenvalue weighted by Gasteiger charge is -2.23. The summed E-state index contributed by atoms with van der Waals surface area (Å²) in [6.07, 6.45) is 4.42. The third kappa shape index (κ3) is 5.41. The van der Waals surface area contributed by atoms with Crippen LogP contribution in [0.3, 0.4) is 0 Å². The van der Waals surface area contributed by atoms with Crippen molar-refractivity contribution in [1.29, 1.82) is 0 Å². The van der Waals surface area contributed by atoms with E-state index >= 15 is 0 Å². The molecule has 0 fully saturated rings. The van der Waals surface area contributed by atoms with Gasteiger partial charge in [0.25, 0.3) is 11.8 Å². The fourth-order valence-electron chi connectivity index (χ4n) is 4.68. The van der Waals surface area contributed by atoms with Gasteiger partial charge in [0.2, 0.25) is 10.0 Å². The molecule has 4 heterocycles. The van der Waals surface area contributed by atoms with Gasteiger partial charge in [-0.25, -0.2) is 18.5 Å². The van der Waals surface area contributed by atoms with Gasteiger partial charge < -0.3 is 20.1 Å². The first-order valence-corrected chi connectivity index (χ1v) is 14.0. The Morgan fingerprint density at radius 2 is 2.00 bits per heavy atom. The van der Waals surface area contributed by atoms with Crippen LogP contribution in [0.5, 0.6) is 0 Å². The van der Waals surface area contributed by atoms with Crippen molar-refractivity contribution in [3.63, 3.8) is 0 Å². The molecule has 13 heteroatoms. The van der Waals surface area contributed by atoms with Gasteiger partial charge in [-0.05, 0) is 69.9 Å². The summed E-state index contributed by atoms with van der Waals surface area (Å²) in [5, 5.41) is 16.1. The minimum Gasteiger partial charge on any atom is -0.349 e. The molecule has 1 atom stereocenters. The Kier molecular flexibility index (Phi) is 6.97. The number of pyridine rings is 1. The second kappa shape index (κ2) is 10.2. The minimum atomic E-state index is -4.18. The van der Waals surface area contributed by atoms with Crippen LogP contribution < -0.4 is 15.8 Å². The highest BCUT2D eigenvalue weighted by atomic mass is 32.2. The summed E-state index contributed by atoms with van der Waals surface area (Å²) in [4.78, 5) is 31.8. The Morgan fingerprint density at radius 3 is 2.74 bits per heavy atom. The second-order valence-electron chi connectivity index (χ2n) is 9.93. The molecule has 4 N–H and O–H groups in total. The van der Waals surface area contributed by atoms with E-state index in [2.05, 4.69) is 25.6 Å². The van der Waals surface area contributed by atoms with Crippen molar-refractivity contribution in [2.24, 2.45) is 5.14 Å². The molecular weight excluding hydrogens is 520 g/mol. The van der Waals surface area contributed by atoms with Crippen molar-refractivity contribution >= 4 is 38.6 Å². The summed E-state index contributed by atoms with van der Waals surface area (Å²) in [6.45, 7) is 4.04. The molecule has 2 amide bonds. The predicted molar refractivity (Wildman–Crippen MR) is 147 cm³/mol. The number of nitrogens with zero attached hydrogens (tertiary/aromatic N) is 5. The summed E-state index contributed by atoms with van der Waals surface area (Å²) < 4.78 is 28.6. The first kappa shape index (κ1) is 26.5. The summed E-state index contributed by atoms with van der Waals surface area (Å²) >= 11 is 0. The van der Waals surface area contributed by atoms with E-state index in [0.717, 1.165) is 30.5 Å². The number of benzene rings is 1. The monoisotopic (exact) mass is 550 g/mol. The maximum absolute atomic E-state index is 13.2. The highest BCUT2D eigenvalue weighted by Gasteiger charge is 2.26. The Morgan fingerprint density at radius 1 is 1.21 bits per heavy atom. The quantitative estimate of drug-likeness (QED) is 0.303. The van der Waals surface area contributed by atoms with Crippen LogP contribution in [0.4, 0.5) is 5.69 Å². The molecule has 0 spiro atoms. The van der Waals surface area contributed by atoms with Crippen molar-refractivity contribution < 1.29 is 18.0 Å². The lowest BCUT2D eigenvalue weighted by Crippen LogP contribution is -2.37. The van der Waals surface area contributed by atoms with E-state index in [4.69, 9.17) is 5.14 Å². The van der Waals surface area contributed by atoms with Crippen LogP contribution in [-0.4, -0.2) is 71.6 Å². The van der Waals surface area contributed by atoms with E-state index < -0.39 is 15.9 Å². The molecule has 0 unspecified atom stereocenters. The number of primary sulfonamides is 1. The molecule has 0 radical (unpaired) electrons. The summed E-state index contributed by atoms with van der Waals surface area (Å²) in [5.41, 5.74) is 2.42. The van der Waals surface area contributed by atoms with Gasteiger partial charge in [-0.15, -0.1) is 0 Å². The molecule has 0 saturated heterocycles. The highest BCUT2D eigenvalue weighted by Crippen LogP contribution is 2.29. The lowest BCUT2D eigenvalue weighted by molar-refractivity contribution is 0.0918. The third-order valence-electron chi connectivity index (χ3n) is 6.64. The fourth-order valence-corrected chi connectivity index (χ4v) is 5.39. The number of aryl methyl sites for hydroxylation is 1. The molecule has 204 valence electrons. The zero-order chi connectivity index (χ0) is 27.9. The third-order valence-corrected chi connectivity index (χ3v) is 7.60. The molecule has 4 aromatic rings. The smallest absolute Gasteiger partial charge is 0.274 e. The van der Waals surface area contributed by atoms with Crippen LogP contribution >= 0.6 is 0 Å². The van der Waals surface area contributed by atoms with Gasteiger partial charge in [-0.2, -0.15) is 5.10 Å². The summed E-state index contributed by atoms with van der Waals surface area (Å²) in [6, 6.07) is 9.56. The molecule has 1 aromatic carbocycles. The van der Waals surface area contributed by atoms with Crippen LogP contribution in [-0.2, 0) is 16.6 Å². The molecule has 0 bridgehead atoms. The van der Waals surface area contributed by atoms with E-state index in [1.54, 1.807) is 33.6 Å². The molecule has 5 rings (SSSR count). The minimum absolute atomic E-state index is 0.0384. The number of aromatic nitrogens is 4. The zero-order valence-electron chi connectivity index (χ0n) is 21.9. The van der Waals surface area contributed by atoms with Crippen LogP contribution in [0.15, 0.2) is 53.7 Å². The van der Waals surface area contributed by atoms with Crippen molar-refractivity contribution in [1.82, 2.24) is 29.5 Å². The number of sulfonamides is 1. The van der Waals surface area contributed by atoms with Crippen LogP contribution in [0.25, 0.3) is 22.2 Å². The van der Waals surface area contributed by atoms with E-state index in [1.165, 1.54) is 18.2 Å². The van der Waals surface area contributed by atoms with Gasteiger partial charge in [0.1, 0.15) is 21.9 Å². The number of carbonyl (C=O) groups excluding carboxylic acids is 2. The Balaban J connectivity index is 1.42. The number of nitrogens with two attached hydrogens (primary N) is 1. The lowest BCUT2D eigenvalue weighted by atomic mass is 10.1. The van der Waals surface area contributed by atoms with E-state index in [-0.39, 0.29) is 28.2 Å². The number of anilines is 1. The van der Waals surface area contributed by atoms with Gasteiger partial charge in [-0.3, -0.25) is 14.3 Å². The van der Waals surface area contributed by atoms with Crippen molar-refractivity contribution in [2.45, 2.75) is 30.8 Å². The number of amides is 2. The molecule has 39 heavy (non-hydrogen) atoms. The van der Waals surface area contributed by atoms with Crippen LogP contribution in [0, 0.1) is 0 Å². The SMILES string of the molecule is C[C@@H]1CNC(=O)c2cc3ccc(C(=O)Nc4ccc(-c5cnn(CCCN(C)C)c5)cc4S(N)(=O)=O)nc3n21. The summed E-state index contributed by atoms with van der Waals surface area (Å²) in [5.74, 6) is -0.805. The first-order valence-electron chi connectivity index (χ1n) is 12.5. The van der Waals surface area contributed by atoms with Gasteiger partial charge in [-0.1, -0.05) is 6.07 Å². The highest BCUT2D eigenvalue weighted by molar-refractivity contribution is 7.89. The molecule has 1 aliphatic heterocycles. The van der Waals surface area contributed by atoms with Gasteiger partial charge in [0, 0.05) is 30.2 Å². The topological polar surface area (TPSA) is 157 Å². The molecule has 12 nitrogen and oxygen atoms in total. The largest absolute Gasteiger partial charge is 0.349 e. The van der Waals surface area contributed by atoms with Crippen LogP contribution in [0.2, 0.25) is 0 Å². The normalized spacial score (nSPS) is 15.4. The zero-order valence-corrected chi connectivity index (χ0v) is 22.7. The molecule has 3 aromatic heterocycles. The maximum Gasteiger partial charge on any atom is 0.274 e. The summed E-state index contributed by atoms with van der Waals surface area (Å²) in [7, 11) is -0.164. The molecule has 1 aliphatic rings. The van der Waals surface area contributed by atoms with Gasteiger partial charge >= 0.3 is 0 Å². The first-order chi connectivity index (χ1) is 18.5. The molecule has 0 saturated carbocycles.